The molecule has 0 aromatic heterocycles. The Labute approximate surface area is 151 Å². The Morgan fingerprint density at radius 1 is 1.17 bits per heavy atom. The highest BCUT2D eigenvalue weighted by Crippen LogP contribution is 2.36. The van der Waals surface area contributed by atoms with Crippen molar-refractivity contribution in [1.82, 2.24) is 4.90 Å². The van der Waals surface area contributed by atoms with Crippen LogP contribution in [0.5, 0.6) is 0 Å². The van der Waals surface area contributed by atoms with E-state index in [0.717, 1.165) is 42.5 Å². The molecule has 2 aromatic carbocycles. The average Bonchev–Trinajstić information content (AvgIpc) is 2.57. The van der Waals surface area contributed by atoms with E-state index in [2.05, 4.69) is 52.0 Å². The molecule has 0 radical (unpaired) electrons. The van der Waals surface area contributed by atoms with Crippen molar-refractivity contribution in [1.29, 1.82) is 0 Å². The van der Waals surface area contributed by atoms with Gasteiger partial charge < -0.3 is 5.11 Å². The third-order valence-corrected chi connectivity index (χ3v) is 5.55. The van der Waals surface area contributed by atoms with Gasteiger partial charge in [-0.15, -0.1) is 0 Å². The highest BCUT2D eigenvalue weighted by atomic mass is 79.9. The van der Waals surface area contributed by atoms with Crippen LogP contribution in [0.25, 0.3) is 0 Å². The van der Waals surface area contributed by atoms with Gasteiger partial charge in [-0.05, 0) is 66.7 Å². The molecule has 0 unspecified atom stereocenters. The summed E-state index contributed by atoms with van der Waals surface area (Å²) >= 11 is 3.57. The number of aromatic carboxylic acids is 1. The molecule has 1 saturated heterocycles. The molecule has 0 bridgehead atoms. The van der Waals surface area contributed by atoms with Crippen LogP contribution in [-0.2, 0) is 12.0 Å². The van der Waals surface area contributed by atoms with Crippen LogP contribution in [0.15, 0.2) is 53.0 Å². The van der Waals surface area contributed by atoms with Gasteiger partial charge in [0.1, 0.15) is 0 Å². The molecule has 24 heavy (non-hydrogen) atoms. The first-order valence-electron chi connectivity index (χ1n) is 8.27. The van der Waals surface area contributed by atoms with Crippen molar-refractivity contribution in [2.45, 2.75) is 31.7 Å². The predicted octanol–water partition coefficient (Wildman–Crippen LogP) is 4.70. The van der Waals surface area contributed by atoms with Gasteiger partial charge >= 0.3 is 5.97 Å². The number of benzene rings is 2. The smallest absolute Gasteiger partial charge is 0.335 e. The van der Waals surface area contributed by atoms with E-state index in [4.69, 9.17) is 5.11 Å². The molecule has 1 heterocycles. The zero-order valence-electron chi connectivity index (χ0n) is 13.8. The minimum Gasteiger partial charge on any atom is -0.478 e. The molecule has 0 atom stereocenters. The number of nitrogens with zero attached hydrogens (tertiary/aromatic N) is 1. The van der Waals surface area contributed by atoms with Gasteiger partial charge in [-0.2, -0.15) is 0 Å². The second-order valence-corrected chi connectivity index (χ2v) is 7.77. The fourth-order valence-corrected chi connectivity index (χ4v) is 3.82. The number of halogens is 1. The molecule has 2 aromatic rings. The maximum atomic E-state index is 11.1. The molecule has 4 heteroatoms. The molecule has 1 aliphatic rings. The SMILES string of the molecule is CC1(c2cccc(Br)c2)CCN(Cc2cccc(C(=O)O)c2)CC1. The maximum Gasteiger partial charge on any atom is 0.335 e. The number of hydrogen-bond donors (Lipinski definition) is 1. The Hall–Kier alpha value is -1.65. The fourth-order valence-electron chi connectivity index (χ4n) is 3.42. The lowest BCUT2D eigenvalue weighted by molar-refractivity contribution is 0.0696. The number of rotatable bonds is 4. The first-order valence-corrected chi connectivity index (χ1v) is 9.06. The summed E-state index contributed by atoms with van der Waals surface area (Å²) in [6, 6.07) is 15.9. The van der Waals surface area contributed by atoms with Crippen LogP contribution >= 0.6 is 15.9 Å². The lowest BCUT2D eigenvalue weighted by Crippen LogP contribution is -2.40. The number of likely N-dealkylation sites (tertiary alicyclic amines) is 1. The Morgan fingerprint density at radius 2 is 1.88 bits per heavy atom. The van der Waals surface area contributed by atoms with E-state index in [1.807, 2.05) is 12.1 Å². The van der Waals surface area contributed by atoms with Crippen molar-refractivity contribution < 1.29 is 9.90 Å². The third kappa shape index (κ3) is 3.87. The van der Waals surface area contributed by atoms with Crippen LogP contribution in [-0.4, -0.2) is 29.1 Å². The van der Waals surface area contributed by atoms with Gasteiger partial charge in [-0.3, -0.25) is 4.90 Å². The van der Waals surface area contributed by atoms with E-state index in [1.54, 1.807) is 12.1 Å². The van der Waals surface area contributed by atoms with E-state index in [9.17, 15) is 4.79 Å². The number of carboxylic acid groups (broad SMARTS) is 1. The largest absolute Gasteiger partial charge is 0.478 e. The molecule has 1 aliphatic heterocycles. The van der Waals surface area contributed by atoms with Crippen LogP contribution in [0.1, 0.15) is 41.3 Å². The second kappa shape index (κ2) is 7.08. The third-order valence-electron chi connectivity index (χ3n) is 5.06. The lowest BCUT2D eigenvalue weighted by Gasteiger charge is -2.40. The van der Waals surface area contributed by atoms with Gasteiger partial charge in [-0.25, -0.2) is 4.79 Å². The summed E-state index contributed by atoms with van der Waals surface area (Å²) < 4.78 is 1.13. The van der Waals surface area contributed by atoms with Gasteiger partial charge in [0, 0.05) is 11.0 Å². The summed E-state index contributed by atoms with van der Waals surface area (Å²) in [5.41, 5.74) is 3.04. The molecule has 0 spiro atoms. The van der Waals surface area contributed by atoms with E-state index < -0.39 is 5.97 Å². The first kappa shape index (κ1) is 17.2. The molecule has 0 amide bonds. The quantitative estimate of drug-likeness (QED) is 0.826. The van der Waals surface area contributed by atoms with E-state index >= 15 is 0 Å². The van der Waals surface area contributed by atoms with Crippen LogP contribution in [0, 0.1) is 0 Å². The Balaban J connectivity index is 1.65. The standard InChI is InChI=1S/C20H22BrNO2/c1-20(17-6-3-7-18(21)13-17)8-10-22(11-9-20)14-15-4-2-5-16(12-15)19(23)24/h2-7,12-13H,8-11,14H2,1H3,(H,23,24). The lowest BCUT2D eigenvalue weighted by atomic mass is 9.74. The maximum absolute atomic E-state index is 11.1. The molecule has 1 N–H and O–H groups in total. The van der Waals surface area contributed by atoms with Crippen molar-refractivity contribution in [3.8, 4) is 0 Å². The Kier molecular flexibility index (Phi) is 5.07. The Morgan fingerprint density at radius 3 is 2.54 bits per heavy atom. The number of hydrogen-bond acceptors (Lipinski definition) is 2. The topological polar surface area (TPSA) is 40.5 Å². The number of carbonyl (C=O) groups is 1. The first-order chi connectivity index (χ1) is 11.5. The average molecular weight is 388 g/mol. The molecule has 126 valence electrons. The van der Waals surface area contributed by atoms with Crippen molar-refractivity contribution in [3.05, 3.63) is 69.7 Å². The zero-order valence-corrected chi connectivity index (χ0v) is 15.4. The van der Waals surface area contributed by atoms with Crippen molar-refractivity contribution in [2.24, 2.45) is 0 Å². The zero-order chi connectivity index (χ0) is 17.2. The van der Waals surface area contributed by atoms with Gasteiger partial charge in [0.15, 0.2) is 0 Å². The summed E-state index contributed by atoms with van der Waals surface area (Å²) in [4.78, 5) is 13.5. The van der Waals surface area contributed by atoms with E-state index in [0.29, 0.717) is 5.56 Å². The summed E-state index contributed by atoms with van der Waals surface area (Å²) in [5.74, 6) is -0.863. The highest BCUT2D eigenvalue weighted by molar-refractivity contribution is 9.10. The van der Waals surface area contributed by atoms with Crippen LogP contribution < -0.4 is 0 Å². The summed E-state index contributed by atoms with van der Waals surface area (Å²) in [6.07, 6.45) is 2.23. The molecular formula is C20H22BrNO2. The monoisotopic (exact) mass is 387 g/mol. The Bertz CT molecular complexity index is 736. The molecular weight excluding hydrogens is 366 g/mol. The van der Waals surface area contributed by atoms with E-state index in [-0.39, 0.29) is 5.41 Å². The molecule has 0 aliphatic carbocycles. The normalized spacial score (nSPS) is 17.6. The summed E-state index contributed by atoms with van der Waals surface area (Å²) in [7, 11) is 0. The van der Waals surface area contributed by atoms with Gasteiger partial charge in [0.2, 0.25) is 0 Å². The van der Waals surface area contributed by atoms with Crippen molar-refractivity contribution in [3.63, 3.8) is 0 Å². The van der Waals surface area contributed by atoms with Crippen molar-refractivity contribution >= 4 is 21.9 Å². The van der Waals surface area contributed by atoms with Crippen LogP contribution in [0.4, 0.5) is 0 Å². The van der Waals surface area contributed by atoms with Gasteiger partial charge in [-0.1, -0.05) is 47.1 Å². The highest BCUT2D eigenvalue weighted by Gasteiger charge is 2.31. The van der Waals surface area contributed by atoms with Crippen LogP contribution in [0.2, 0.25) is 0 Å². The minimum atomic E-state index is -0.863. The summed E-state index contributed by atoms with van der Waals surface area (Å²) in [5, 5.41) is 9.11. The molecule has 3 nitrogen and oxygen atoms in total. The second-order valence-electron chi connectivity index (χ2n) is 6.85. The molecule has 0 saturated carbocycles. The fraction of sp³-hybridized carbons (Fsp3) is 0.350. The van der Waals surface area contributed by atoms with Crippen LogP contribution in [0.3, 0.4) is 0 Å². The predicted molar refractivity (Wildman–Crippen MR) is 99.4 cm³/mol. The van der Waals surface area contributed by atoms with Gasteiger partial charge in [0.05, 0.1) is 5.56 Å². The van der Waals surface area contributed by atoms with E-state index in [1.165, 1.54) is 5.56 Å². The molecule has 3 rings (SSSR count). The number of piperidine rings is 1. The minimum absolute atomic E-state index is 0.212. The van der Waals surface area contributed by atoms with Gasteiger partial charge in [0.25, 0.3) is 0 Å². The molecule has 1 fully saturated rings. The summed E-state index contributed by atoms with van der Waals surface area (Å²) in [6.45, 7) is 5.22. The number of carboxylic acids is 1. The van der Waals surface area contributed by atoms with Crippen molar-refractivity contribution in [2.75, 3.05) is 13.1 Å².